The fourth-order valence-electron chi connectivity index (χ4n) is 2.14. The molecule has 2 aromatic carbocycles. The van der Waals surface area contributed by atoms with Gasteiger partial charge in [0, 0.05) is 4.47 Å². The maximum atomic E-state index is 13.8. The minimum atomic E-state index is -0.300. The van der Waals surface area contributed by atoms with Gasteiger partial charge in [0.15, 0.2) is 4.77 Å². The minimum absolute atomic E-state index is 0.300. The van der Waals surface area contributed by atoms with Crippen molar-refractivity contribution in [3.63, 3.8) is 0 Å². The van der Waals surface area contributed by atoms with E-state index in [0.29, 0.717) is 10.3 Å². The van der Waals surface area contributed by atoms with E-state index in [4.69, 9.17) is 12.2 Å². The van der Waals surface area contributed by atoms with Crippen LogP contribution in [0.3, 0.4) is 0 Å². The highest BCUT2D eigenvalue weighted by Crippen LogP contribution is 2.28. The van der Waals surface area contributed by atoms with Gasteiger partial charge >= 0.3 is 0 Å². The predicted octanol–water partition coefficient (Wildman–Crippen LogP) is 4.90. The molecule has 0 fully saturated rings. The maximum absolute atomic E-state index is 13.8. The maximum Gasteiger partial charge on any atom is 0.182 e. The van der Waals surface area contributed by atoms with Crippen molar-refractivity contribution in [3.8, 4) is 5.69 Å². The van der Waals surface area contributed by atoms with E-state index in [1.54, 1.807) is 6.07 Å². The number of hydrogen-bond acceptors (Lipinski definition) is 1. The normalized spacial score (nSPS) is 11.1. The fourth-order valence-corrected chi connectivity index (χ4v) is 2.88. The Kier molecular flexibility index (Phi) is 3.03. The number of H-pyrrole nitrogens is 1. The van der Waals surface area contributed by atoms with Crippen molar-refractivity contribution < 1.29 is 4.39 Å². The van der Waals surface area contributed by atoms with Gasteiger partial charge in [-0.1, -0.05) is 18.2 Å². The van der Waals surface area contributed by atoms with Gasteiger partial charge in [-0.25, -0.2) is 4.39 Å². The largest absolute Gasteiger partial charge is 0.328 e. The topological polar surface area (TPSA) is 20.7 Å². The lowest BCUT2D eigenvalue weighted by Gasteiger charge is -2.09. The number of nitrogens with one attached hydrogen (secondary N) is 1. The molecule has 3 aromatic rings. The summed E-state index contributed by atoms with van der Waals surface area (Å²) < 4.78 is 17.0. The highest BCUT2D eigenvalue weighted by Gasteiger charge is 2.12. The number of aromatic amines is 1. The molecule has 0 atom stereocenters. The summed E-state index contributed by atoms with van der Waals surface area (Å²) in [6.45, 7) is 2.01. The Hall–Kier alpha value is -1.46. The average molecular weight is 337 g/mol. The first-order valence-corrected chi connectivity index (χ1v) is 6.94. The fraction of sp³-hybridized carbons (Fsp3) is 0.0714. The van der Waals surface area contributed by atoms with Crippen molar-refractivity contribution in [2.45, 2.75) is 6.92 Å². The highest BCUT2D eigenvalue weighted by molar-refractivity contribution is 9.10. The highest BCUT2D eigenvalue weighted by atomic mass is 79.9. The van der Waals surface area contributed by atoms with E-state index in [1.807, 2.05) is 35.8 Å². The first-order valence-electron chi connectivity index (χ1n) is 5.74. The van der Waals surface area contributed by atoms with Gasteiger partial charge in [0.1, 0.15) is 11.3 Å². The summed E-state index contributed by atoms with van der Waals surface area (Å²) in [5, 5.41) is 0. The number of aryl methyl sites for hydroxylation is 1. The molecular weight excluding hydrogens is 327 g/mol. The van der Waals surface area contributed by atoms with Gasteiger partial charge in [-0.15, -0.1) is 0 Å². The third-order valence-electron chi connectivity index (χ3n) is 3.08. The van der Waals surface area contributed by atoms with Crippen LogP contribution >= 0.6 is 28.1 Å². The lowest BCUT2D eigenvalue weighted by atomic mass is 10.2. The van der Waals surface area contributed by atoms with Gasteiger partial charge in [0.05, 0.1) is 11.2 Å². The molecule has 0 saturated carbocycles. The number of benzene rings is 2. The third-order valence-corrected chi connectivity index (χ3v) is 4.40. The Morgan fingerprint density at radius 2 is 1.95 bits per heavy atom. The molecule has 2 nitrogen and oxygen atoms in total. The average Bonchev–Trinajstić information content (AvgIpc) is 2.71. The number of rotatable bonds is 1. The molecule has 96 valence electrons. The summed E-state index contributed by atoms with van der Waals surface area (Å²) in [7, 11) is 0. The molecule has 3 rings (SSSR count). The van der Waals surface area contributed by atoms with Crippen LogP contribution in [0.1, 0.15) is 5.56 Å². The van der Waals surface area contributed by atoms with Crippen LogP contribution in [0.25, 0.3) is 16.7 Å². The van der Waals surface area contributed by atoms with Crippen LogP contribution < -0.4 is 0 Å². The molecule has 5 heteroatoms. The van der Waals surface area contributed by atoms with E-state index in [-0.39, 0.29) is 5.82 Å². The number of hydrogen-bond donors (Lipinski definition) is 1. The van der Waals surface area contributed by atoms with E-state index in [1.165, 1.54) is 6.07 Å². The number of fused-ring (bicyclic) bond motifs is 1. The first kappa shape index (κ1) is 12.6. The number of nitrogens with zero attached hydrogens (tertiary/aromatic N) is 1. The first-order chi connectivity index (χ1) is 9.09. The SMILES string of the molecule is Cc1cccc(-n2c(=S)[nH]c3c(F)cccc32)c1Br. The molecule has 0 saturated heterocycles. The number of imidazole rings is 1. The summed E-state index contributed by atoms with van der Waals surface area (Å²) in [5.74, 6) is -0.300. The molecule has 0 radical (unpaired) electrons. The van der Waals surface area contributed by atoms with Crippen LogP contribution in [-0.2, 0) is 0 Å². The van der Waals surface area contributed by atoms with Crippen LogP contribution in [-0.4, -0.2) is 9.55 Å². The second-order valence-corrected chi connectivity index (χ2v) is 5.49. The molecule has 0 aliphatic rings. The van der Waals surface area contributed by atoms with Crippen molar-refractivity contribution in [1.82, 2.24) is 9.55 Å². The van der Waals surface area contributed by atoms with E-state index in [0.717, 1.165) is 21.2 Å². The minimum Gasteiger partial charge on any atom is -0.328 e. The summed E-state index contributed by atoms with van der Waals surface area (Å²) >= 11 is 8.88. The van der Waals surface area contributed by atoms with Gasteiger partial charge in [0.25, 0.3) is 0 Å². The summed E-state index contributed by atoms with van der Waals surface area (Å²) in [6, 6.07) is 10.9. The Morgan fingerprint density at radius 3 is 2.74 bits per heavy atom. The lowest BCUT2D eigenvalue weighted by molar-refractivity contribution is 0.637. The van der Waals surface area contributed by atoms with Gasteiger partial charge in [-0.3, -0.25) is 4.57 Å². The van der Waals surface area contributed by atoms with E-state index < -0.39 is 0 Å². The zero-order valence-corrected chi connectivity index (χ0v) is 12.5. The van der Waals surface area contributed by atoms with Crippen molar-refractivity contribution in [2.75, 3.05) is 0 Å². The second-order valence-electron chi connectivity index (χ2n) is 4.31. The van der Waals surface area contributed by atoms with E-state index in [9.17, 15) is 4.39 Å². The standard InChI is InChI=1S/C14H10BrFN2S/c1-8-4-2-6-10(12(8)15)18-11-7-3-5-9(16)13(11)17-14(18)19/h2-7H,1H3,(H,17,19). The van der Waals surface area contributed by atoms with E-state index >= 15 is 0 Å². The second kappa shape index (κ2) is 4.58. The Bertz CT molecular complexity index is 835. The van der Waals surface area contributed by atoms with Gasteiger partial charge < -0.3 is 4.98 Å². The molecule has 1 heterocycles. The molecule has 0 aliphatic heterocycles. The predicted molar refractivity (Wildman–Crippen MR) is 80.9 cm³/mol. The third kappa shape index (κ3) is 1.93. The number of para-hydroxylation sites is 1. The van der Waals surface area contributed by atoms with Gasteiger partial charge in [0.2, 0.25) is 0 Å². The van der Waals surface area contributed by atoms with Gasteiger partial charge in [-0.2, -0.15) is 0 Å². The zero-order chi connectivity index (χ0) is 13.6. The van der Waals surface area contributed by atoms with Crippen LogP contribution in [0.4, 0.5) is 4.39 Å². The smallest absolute Gasteiger partial charge is 0.182 e. The Labute approximate surface area is 123 Å². The molecule has 19 heavy (non-hydrogen) atoms. The van der Waals surface area contributed by atoms with Gasteiger partial charge in [-0.05, 0) is 58.8 Å². The van der Waals surface area contributed by atoms with E-state index in [2.05, 4.69) is 20.9 Å². The van der Waals surface area contributed by atoms with Crippen LogP contribution in [0.5, 0.6) is 0 Å². The van der Waals surface area contributed by atoms with Crippen molar-refractivity contribution >= 4 is 39.2 Å². The summed E-state index contributed by atoms with van der Waals surface area (Å²) in [4.78, 5) is 2.92. The Balaban J connectivity index is 2.44. The van der Waals surface area contributed by atoms with Crippen molar-refractivity contribution in [2.24, 2.45) is 0 Å². The monoisotopic (exact) mass is 336 g/mol. The van der Waals surface area contributed by atoms with Crippen molar-refractivity contribution in [3.05, 3.63) is 57.0 Å². The lowest BCUT2D eigenvalue weighted by Crippen LogP contribution is -1.96. The Morgan fingerprint density at radius 1 is 1.21 bits per heavy atom. The summed E-state index contributed by atoms with van der Waals surface area (Å²) in [5.41, 5.74) is 3.17. The molecular formula is C14H10BrFN2S. The molecule has 0 amide bonds. The number of halogens is 2. The zero-order valence-electron chi connectivity index (χ0n) is 10.1. The summed E-state index contributed by atoms with van der Waals surface area (Å²) in [6.07, 6.45) is 0. The molecule has 1 aromatic heterocycles. The van der Waals surface area contributed by atoms with Crippen molar-refractivity contribution in [1.29, 1.82) is 0 Å². The van der Waals surface area contributed by atoms with Crippen LogP contribution in [0.15, 0.2) is 40.9 Å². The molecule has 0 unspecified atom stereocenters. The number of aromatic nitrogens is 2. The van der Waals surface area contributed by atoms with Crippen LogP contribution in [0.2, 0.25) is 0 Å². The molecule has 0 spiro atoms. The quantitative estimate of drug-likeness (QED) is 0.627. The molecule has 1 N–H and O–H groups in total. The molecule has 0 aliphatic carbocycles. The van der Waals surface area contributed by atoms with Crippen LogP contribution in [0, 0.1) is 17.5 Å². The molecule has 0 bridgehead atoms.